The second-order valence-corrected chi connectivity index (χ2v) is 3.71. The van der Waals surface area contributed by atoms with E-state index in [2.05, 4.69) is 0 Å². The van der Waals surface area contributed by atoms with Crippen LogP contribution in [0.2, 0.25) is 0 Å². The van der Waals surface area contributed by atoms with E-state index in [-0.39, 0.29) is 12.6 Å². The molecule has 0 N–H and O–H groups in total. The maximum absolute atomic E-state index is 11.2. The molecule has 2 rings (SSSR count). The summed E-state index contributed by atoms with van der Waals surface area (Å²) in [6.45, 7) is 2.09. The van der Waals surface area contributed by atoms with Crippen molar-refractivity contribution in [2.24, 2.45) is 7.05 Å². The molecular weight excluding hydrogens is 218 g/mol. The van der Waals surface area contributed by atoms with Gasteiger partial charge in [0.05, 0.1) is 12.1 Å². The first kappa shape index (κ1) is 11.5. The number of fused-ring (bicyclic) bond motifs is 1. The van der Waals surface area contributed by atoms with Gasteiger partial charge in [0.25, 0.3) is 0 Å². The summed E-state index contributed by atoms with van der Waals surface area (Å²) in [4.78, 5) is 11.2. The van der Waals surface area contributed by atoms with Gasteiger partial charge in [0.15, 0.2) is 6.61 Å². The lowest BCUT2D eigenvalue weighted by molar-refractivity contribution is -0.145. The minimum absolute atomic E-state index is 0.0537. The lowest BCUT2D eigenvalue weighted by Crippen LogP contribution is -2.14. The van der Waals surface area contributed by atoms with E-state index in [0.29, 0.717) is 12.4 Å². The lowest BCUT2D eigenvalue weighted by atomic mass is 10.2. The van der Waals surface area contributed by atoms with Gasteiger partial charge in [0.2, 0.25) is 0 Å². The molecule has 0 aliphatic rings. The quantitative estimate of drug-likeness (QED) is 0.759. The molecule has 0 unspecified atom stereocenters. The van der Waals surface area contributed by atoms with Gasteiger partial charge in [-0.15, -0.1) is 0 Å². The molecule has 0 saturated carbocycles. The fraction of sp³-hybridized carbons (Fsp3) is 0.308. The van der Waals surface area contributed by atoms with E-state index >= 15 is 0 Å². The zero-order valence-corrected chi connectivity index (χ0v) is 9.97. The first-order chi connectivity index (χ1) is 8.22. The normalized spacial score (nSPS) is 10.5. The number of hydrogen-bond acceptors (Lipinski definition) is 3. The maximum atomic E-state index is 11.2. The van der Waals surface area contributed by atoms with Gasteiger partial charge in [-0.3, -0.25) is 0 Å². The molecule has 0 spiro atoms. The van der Waals surface area contributed by atoms with Crippen LogP contribution in [-0.2, 0) is 16.6 Å². The zero-order chi connectivity index (χ0) is 12.3. The maximum Gasteiger partial charge on any atom is 0.344 e. The van der Waals surface area contributed by atoms with E-state index in [1.165, 1.54) is 0 Å². The Morgan fingerprint density at radius 2 is 2.18 bits per heavy atom. The monoisotopic (exact) mass is 233 g/mol. The molecule has 1 aromatic heterocycles. The average Bonchev–Trinajstić information content (AvgIpc) is 2.70. The number of carbonyl (C=O) groups is 1. The predicted octanol–water partition coefficient (Wildman–Crippen LogP) is 2.12. The largest absolute Gasteiger partial charge is 0.481 e. The number of benzene rings is 1. The van der Waals surface area contributed by atoms with Crippen molar-refractivity contribution in [1.82, 2.24) is 4.57 Å². The standard InChI is InChI=1S/C13H15NO3/c1-3-16-13(15)9-17-12-6-4-5-11-10(12)7-8-14(11)2/h4-8H,3,9H2,1-2H3. The van der Waals surface area contributed by atoms with Crippen molar-refractivity contribution in [3.63, 3.8) is 0 Å². The molecule has 0 radical (unpaired) electrons. The van der Waals surface area contributed by atoms with Crippen LogP contribution in [0.25, 0.3) is 10.9 Å². The second kappa shape index (κ2) is 4.91. The fourth-order valence-electron chi connectivity index (χ4n) is 1.74. The molecule has 17 heavy (non-hydrogen) atoms. The van der Waals surface area contributed by atoms with Crippen molar-refractivity contribution in [3.8, 4) is 5.75 Å². The molecule has 2 aromatic rings. The summed E-state index contributed by atoms with van der Waals surface area (Å²) in [5, 5.41) is 0.999. The van der Waals surface area contributed by atoms with E-state index in [1.54, 1.807) is 6.92 Å². The number of rotatable bonds is 4. The molecule has 0 saturated heterocycles. The third-order valence-corrected chi connectivity index (χ3v) is 2.54. The Balaban J connectivity index is 2.16. The highest BCUT2D eigenvalue weighted by Gasteiger charge is 2.07. The van der Waals surface area contributed by atoms with Gasteiger partial charge in [-0.1, -0.05) is 6.07 Å². The van der Waals surface area contributed by atoms with Crippen LogP contribution in [0.15, 0.2) is 30.5 Å². The molecule has 1 aromatic carbocycles. The van der Waals surface area contributed by atoms with Crippen molar-refractivity contribution in [3.05, 3.63) is 30.5 Å². The topological polar surface area (TPSA) is 40.5 Å². The second-order valence-electron chi connectivity index (χ2n) is 3.71. The van der Waals surface area contributed by atoms with E-state index in [0.717, 1.165) is 10.9 Å². The van der Waals surface area contributed by atoms with Crippen LogP contribution in [0.3, 0.4) is 0 Å². The minimum Gasteiger partial charge on any atom is -0.481 e. The molecule has 4 nitrogen and oxygen atoms in total. The lowest BCUT2D eigenvalue weighted by Gasteiger charge is -2.07. The molecule has 0 atom stereocenters. The highest BCUT2D eigenvalue weighted by Crippen LogP contribution is 2.25. The molecule has 0 amide bonds. The fourth-order valence-corrected chi connectivity index (χ4v) is 1.74. The van der Waals surface area contributed by atoms with E-state index < -0.39 is 0 Å². The van der Waals surface area contributed by atoms with Crippen molar-refractivity contribution < 1.29 is 14.3 Å². The van der Waals surface area contributed by atoms with E-state index in [1.807, 2.05) is 42.1 Å². The van der Waals surface area contributed by atoms with Crippen LogP contribution >= 0.6 is 0 Å². The summed E-state index contributed by atoms with van der Waals surface area (Å²) in [6.07, 6.45) is 1.96. The Morgan fingerprint density at radius 3 is 2.94 bits per heavy atom. The highest BCUT2D eigenvalue weighted by molar-refractivity contribution is 5.86. The summed E-state index contributed by atoms with van der Waals surface area (Å²) in [6, 6.07) is 7.73. The molecule has 4 heteroatoms. The SMILES string of the molecule is CCOC(=O)COc1cccc2c1ccn2C. The van der Waals surface area contributed by atoms with Gasteiger partial charge < -0.3 is 14.0 Å². The Kier molecular flexibility index (Phi) is 3.32. The van der Waals surface area contributed by atoms with Crippen molar-refractivity contribution in [2.75, 3.05) is 13.2 Å². The summed E-state index contributed by atoms with van der Waals surface area (Å²) < 4.78 is 12.3. The third-order valence-electron chi connectivity index (χ3n) is 2.54. The van der Waals surface area contributed by atoms with Crippen LogP contribution < -0.4 is 4.74 Å². The number of nitrogens with zero attached hydrogens (tertiary/aromatic N) is 1. The van der Waals surface area contributed by atoms with Gasteiger partial charge in [0.1, 0.15) is 5.75 Å². The summed E-state index contributed by atoms with van der Waals surface area (Å²) in [7, 11) is 1.97. The number of aromatic nitrogens is 1. The smallest absolute Gasteiger partial charge is 0.344 e. The first-order valence-electron chi connectivity index (χ1n) is 5.55. The number of carbonyl (C=O) groups excluding carboxylic acids is 1. The molecule has 0 aliphatic heterocycles. The predicted molar refractivity (Wildman–Crippen MR) is 65.0 cm³/mol. The zero-order valence-electron chi connectivity index (χ0n) is 9.97. The first-order valence-corrected chi connectivity index (χ1v) is 5.55. The molecule has 0 aliphatic carbocycles. The summed E-state index contributed by atoms with van der Waals surface area (Å²) >= 11 is 0. The number of hydrogen-bond donors (Lipinski definition) is 0. The minimum atomic E-state index is -0.347. The Labute approximate surface area is 99.7 Å². The van der Waals surface area contributed by atoms with Crippen molar-refractivity contribution in [1.29, 1.82) is 0 Å². The van der Waals surface area contributed by atoms with E-state index in [4.69, 9.17) is 9.47 Å². The Morgan fingerprint density at radius 1 is 1.35 bits per heavy atom. The van der Waals surface area contributed by atoms with Gasteiger partial charge in [-0.2, -0.15) is 0 Å². The average molecular weight is 233 g/mol. The molecule has 90 valence electrons. The third kappa shape index (κ3) is 2.41. The van der Waals surface area contributed by atoms with Gasteiger partial charge in [-0.25, -0.2) is 4.79 Å². The molecule has 1 heterocycles. The molecule has 0 bridgehead atoms. The van der Waals surface area contributed by atoms with Gasteiger partial charge in [0, 0.05) is 18.6 Å². The van der Waals surface area contributed by atoms with Crippen LogP contribution in [-0.4, -0.2) is 23.8 Å². The van der Waals surface area contributed by atoms with Crippen LogP contribution in [0.1, 0.15) is 6.92 Å². The number of aryl methyl sites for hydroxylation is 1. The van der Waals surface area contributed by atoms with E-state index in [9.17, 15) is 4.79 Å². The number of esters is 1. The Bertz CT molecular complexity index is 530. The summed E-state index contributed by atoms with van der Waals surface area (Å²) in [5.41, 5.74) is 1.08. The van der Waals surface area contributed by atoms with Crippen molar-refractivity contribution >= 4 is 16.9 Å². The van der Waals surface area contributed by atoms with Gasteiger partial charge in [-0.05, 0) is 25.1 Å². The van der Waals surface area contributed by atoms with Gasteiger partial charge >= 0.3 is 5.97 Å². The van der Waals surface area contributed by atoms with Crippen molar-refractivity contribution in [2.45, 2.75) is 6.92 Å². The molecule has 0 fully saturated rings. The van der Waals surface area contributed by atoms with Crippen LogP contribution in [0, 0.1) is 0 Å². The Hall–Kier alpha value is -1.97. The van der Waals surface area contributed by atoms with Crippen LogP contribution in [0.5, 0.6) is 5.75 Å². The highest BCUT2D eigenvalue weighted by atomic mass is 16.6. The number of ether oxygens (including phenoxy) is 2. The molecular formula is C13H15NO3. The summed E-state index contributed by atoms with van der Waals surface area (Å²) in [5.74, 6) is 0.358. The van der Waals surface area contributed by atoms with Crippen LogP contribution in [0.4, 0.5) is 0 Å².